The Morgan fingerprint density at radius 2 is 1.41 bits per heavy atom. The number of nitrogens with one attached hydrogen (secondary N) is 1. The van der Waals surface area contributed by atoms with Gasteiger partial charge in [-0.1, -0.05) is 77.8 Å². The zero-order valence-electron chi connectivity index (χ0n) is 17.1. The van der Waals surface area contributed by atoms with Crippen molar-refractivity contribution in [3.8, 4) is 0 Å². The van der Waals surface area contributed by atoms with E-state index in [1.165, 1.54) is 5.56 Å². The van der Waals surface area contributed by atoms with E-state index in [9.17, 15) is 0 Å². The molecule has 1 N–H and O–H groups in total. The number of halogens is 2. The van der Waals surface area contributed by atoms with E-state index in [4.69, 9.17) is 27.9 Å². The van der Waals surface area contributed by atoms with Gasteiger partial charge in [0.05, 0.1) is 6.10 Å². The minimum atomic E-state index is -0.256. The van der Waals surface area contributed by atoms with Gasteiger partial charge < -0.3 is 9.97 Å². The van der Waals surface area contributed by atoms with E-state index in [-0.39, 0.29) is 13.0 Å². The summed E-state index contributed by atoms with van der Waals surface area (Å²) in [4.78, 5) is 0. The maximum absolute atomic E-state index is 6.68. The van der Waals surface area contributed by atoms with Crippen LogP contribution in [0.4, 0.5) is 0 Å². The van der Waals surface area contributed by atoms with Crippen LogP contribution in [0, 0.1) is 13.8 Å². The van der Waals surface area contributed by atoms with E-state index >= 15 is 0 Å². The predicted molar refractivity (Wildman–Crippen MR) is 126 cm³/mol. The van der Waals surface area contributed by atoms with Crippen LogP contribution >= 0.6 is 23.2 Å². The summed E-state index contributed by atoms with van der Waals surface area (Å²) in [5.74, 6) is 0. The maximum Gasteiger partial charge on any atom is 0.361 e. The van der Waals surface area contributed by atoms with Crippen molar-refractivity contribution < 1.29 is 4.65 Å². The van der Waals surface area contributed by atoms with Crippen molar-refractivity contribution in [2.24, 2.45) is 0 Å². The fourth-order valence-corrected chi connectivity index (χ4v) is 3.74. The number of likely N-dealkylation sites (N-methyl/N-ethyl adjacent to an activating group) is 1. The molecule has 0 bridgehead atoms. The molecule has 2 nitrogen and oxygen atoms in total. The van der Waals surface area contributed by atoms with Crippen LogP contribution in [0.15, 0.2) is 66.7 Å². The molecule has 0 aliphatic carbocycles. The summed E-state index contributed by atoms with van der Waals surface area (Å²) in [5, 5.41) is 4.74. The summed E-state index contributed by atoms with van der Waals surface area (Å²) in [6, 6.07) is 22.6. The van der Waals surface area contributed by atoms with Crippen molar-refractivity contribution in [3.63, 3.8) is 0 Å². The monoisotopic (exact) mass is 425 g/mol. The van der Waals surface area contributed by atoms with Gasteiger partial charge in [-0.15, -0.1) is 0 Å². The maximum atomic E-state index is 6.68. The highest BCUT2D eigenvalue weighted by atomic mass is 35.5. The Bertz CT molecular complexity index is 897. The Hall–Kier alpha value is -1.78. The molecule has 0 saturated carbocycles. The zero-order valence-corrected chi connectivity index (χ0v) is 18.6. The molecule has 0 spiro atoms. The molecule has 3 rings (SSSR count). The van der Waals surface area contributed by atoms with Crippen molar-refractivity contribution in [1.29, 1.82) is 0 Å². The highest BCUT2D eigenvalue weighted by Gasteiger charge is 2.26. The third-order valence-corrected chi connectivity index (χ3v) is 5.88. The lowest BCUT2D eigenvalue weighted by atomic mass is 9.55. The summed E-state index contributed by atoms with van der Waals surface area (Å²) < 4.78 is 6.68. The zero-order chi connectivity index (χ0) is 20.8. The lowest BCUT2D eigenvalue weighted by Gasteiger charge is -2.24. The van der Waals surface area contributed by atoms with Crippen LogP contribution in [0.2, 0.25) is 10.0 Å². The van der Waals surface area contributed by atoms with Gasteiger partial charge in [-0.3, -0.25) is 0 Å². The molecule has 0 aromatic heterocycles. The second-order valence-corrected chi connectivity index (χ2v) is 8.22. The third kappa shape index (κ3) is 5.87. The van der Waals surface area contributed by atoms with Crippen LogP contribution in [0.1, 0.15) is 16.7 Å². The van der Waals surface area contributed by atoms with Crippen LogP contribution in [0.3, 0.4) is 0 Å². The van der Waals surface area contributed by atoms with Crippen LogP contribution in [0.5, 0.6) is 0 Å². The average Bonchev–Trinajstić information content (AvgIpc) is 2.71. The summed E-state index contributed by atoms with van der Waals surface area (Å²) in [6.07, 6.45) is 0.810. The molecule has 1 unspecified atom stereocenters. The Balaban J connectivity index is 1.96. The van der Waals surface area contributed by atoms with Gasteiger partial charge in [-0.05, 0) is 67.1 Å². The van der Waals surface area contributed by atoms with Crippen molar-refractivity contribution in [1.82, 2.24) is 5.32 Å². The topological polar surface area (TPSA) is 21.3 Å². The van der Waals surface area contributed by atoms with E-state index in [1.807, 2.05) is 51.2 Å². The van der Waals surface area contributed by atoms with E-state index in [0.29, 0.717) is 0 Å². The minimum Gasteiger partial charge on any atom is -0.422 e. The highest BCUT2D eigenvalue weighted by molar-refractivity contribution is 6.80. The largest absolute Gasteiger partial charge is 0.422 e. The summed E-state index contributed by atoms with van der Waals surface area (Å²) >= 11 is 12.9. The molecule has 0 heterocycles. The van der Waals surface area contributed by atoms with Gasteiger partial charge in [-0.25, -0.2) is 0 Å². The molecule has 0 saturated heterocycles. The first kappa shape index (κ1) is 21.9. The smallest absolute Gasteiger partial charge is 0.361 e. The first-order valence-electron chi connectivity index (χ1n) is 9.84. The average molecular weight is 426 g/mol. The van der Waals surface area contributed by atoms with Crippen LogP contribution in [0.25, 0.3) is 0 Å². The van der Waals surface area contributed by atoms with E-state index < -0.39 is 0 Å². The second kappa shape index (κ2) is 10.3. The van der Waals surface area contributed by atoms with Gasteiger partial charge in [0.25, 0.3) is 0 Å². The van der Waals surface area contributed by atoms with Crippen LogP contribution in [-0.2, 0) is 11.1 Å². The van der Waals surface area contributed by atoms with Gasteiger partial charge in [0.2, 0.25) is 0 Å². The van der Waals surface area contributed by atoms with Crippen LogP contribution in [-0.4, -0.2) is 26.6 Å². The number of hydrogen-bond donors (Lipinski definition) is 1. The standard InChI is InChI=1S/C24H26BCl2NO/c1-17-9-11-20(14-23(17)26)25(21-12-10-18(2)24(27)15-21)29-22(16-28-3)13-19-7-5-4-6-8-19/h4-12,14-15,22,28H,13,16H2,1-3H3. The van der Waals surface area contributed by atoms with E-state index in [2.05, 4.69) is 41.7 Å². The summed E-state index contributed by atoms with van der Waals surface area (Å²) in [6.45, 7) is 4.49. The number of rotatable bonds is 8. The summed E-state index contributed by atoms with van der Waals surface area (Å²) in [7, 11) is 1.95. The quantitative estimate of drug-likeness (QED) is 0.534. The van der Waals surface area contributed by atoms with E-state index in [0.717, 1.165) is 45.1 Å². The molecular formula is C24H26BCl2NO. The molecule has 0 amide bonds. The van der Waals surface area contributed by atoms with Gasteiger partial charge in [0.15, 0.2) is 0 Å². The molecule has 0 radical (unpaired) electrons. The molecule has 150 valence electrons. The molecule has 3 aromatic rings. The van der Waals surface area contributed by atoms with Crippen molar-refractivity contribution in [3.05, 3.63) is 93.5 Å². The highest BCUT2D eigenvalue weighted by Crippen LogP contribution is 2.16. The molecule has 0 fully saturated rings. The van der Waals surface area contributed by atoms with Crippen molar-refractivity contribution >= 4 is 41.0 Å². The molecule has 5 heteroatoms. The Kier molecular flexibility index (Phi) is 7.80. The van der Waals surface area contributed by atoms with Crippen molar-refractivity contribution in [2.45, 2.75) is 26.4 Å². The molecule has 0 aliphatic heterocycles. The normalized spacial score (nSPS) is 12.0. The fourth-order valence-electron chi connectivity index (χ4n) is 3.36. The fraction of sp³-hybridized carbons (Fsp3) is 0.250. The molecule has 29 heavy (non-hydrogen) atoms. The Morgan fingerprint density at radius 3 is 1.90 bits per heavy atom. The first-order valence-corrected chi connectivity index (χ1v) is 10.6. The molecule has 0 aliphatic rings. The molecule has 3 aromatic carbocycles. The van der Waals surface area contributed by atoms with Gasteiger partial charge in [0.1, 0.15) is 0 Å². The second-order valence-electron chi connectivity index (χ2n) is 7.40. The van der Waals surface area contributed by atoms with Gasteiger partial charge in [0, 0.05) is 16.6 Å². The Labute approximate surface area is 184 Å². The molecular weight excluding hydrogens is 400 g/mol. The van der Waals surface area contributed by atoms with Gasteiger partial charge >= 0.3 is 6.92 Å². The van der Waals surface area contributed by atoms with Gasteiger partial charge in [-0.2, -0.15) is 0 Å². The SMILES string of the molecule is CNCC(Cc1ccccc1)OB(c1ccc(C)c(Cl)c1)c1ccc(C)c(Cl)c1. The van der Waals surface area contributed by atoms with Crippen LogP contribution < -0.4 is 16.2 Å². The summed E-state index contributed by atoms with van der Waals surface area (Å²) in [5.41, 5.74) is 5.39. The lowest BCUT2D eigenvalue weighted by molar-refractivity contribution is 0.209. The predicted octanol–water partition coefficient (Wildman–Crippen LogP) is 4.56. The number of benzene rings is 3. The lowest BCUT2D eigenvalue weighted by Crippen LogP contribution is -2.49. The third-order valence-electron chi connectivity index (χ3n) is 5.06. The van der Waals surface area contributed by atoms with Crippen molar-refractivity contribution in [2.75, 3.05) is 13.6 Å². The first-order chi connectivity index (χ1) is 14.0. The molecule has 1 atom stereocenters. The number of aryl methyl sites for hydroxylation is 2. The minimum absolute atomic E-state index is 0.00689. The Morgan fingerprint density at radius 1 is 0.862 bits per heavy atom. The van der Waals surface area contributed by atoms with E-state index in [1.54, 1.807) is 0 Å². The number of hydrogen-bond acceptors (Lipinski definition) is 2.